The summed E-state index contributed by atoms with van der Waals surface area (Å²) in [7, 11) is 3.46. The van der Waals surface area contributed by atoms with Crippen LogP contribution in [-0.2, 0) is 4.79 Å². The maximum atomic E-state index is 11.9. The largest absolute Gasteiger partial charge is 0.313 e. The maximum Gasteiger partial charge on any atom is 0.268 e. The van der Waals surface area contributed by atoms with E-state index in [0.717, 1.165) is 4.88 Å². The van der Waals surface area contributed by atoms with Gasteiger partial charge in [0, 0.05) is 25.0 Å². The number of amides is 2. The van der Waals surface area contributed by atoms with Crippen LogP contribution in [0.3, 0.4) is 0 Å². The summed E-state index contributed by atoms with van der Waals surface area (Å²) in [5, 5.41) is 8.53. The van der Waals surface area contributed by atoms with Crippen molar-refractivity contribution in [1.29, 1.82) is 0 Å². The number of nitrogens with one attached hydrogen (secondary N) is 2. The average molecular weight is 321 g/mol. The first kappa shape index (κ1) is 15.4. The van der Waals surface area contributed by atoms with Gasteiger partial charge >= 0.3 is 0 Å². The number of rotatable bonds is 5. The number of hydrogen-bond donors (Lipinski definition) is 2. The molecule has 0 spiro atoms. The summed E-state index contributed by atoms with van der Waals surface area (Å²) in [6.07, 6.45) is 3.20. The molecule has 0 aliphatic carbocycles. The molecule has 0 radical (unpaired) electrons. The van der Waals surface area contributed by atoms with Gasteiger partial charge in [-0.3, -0.25) is 15.0 Å². The van der Waals surface area contributed by atoms with E-state index in [4.69, 9.17) is 0 Å². The first-order chi connectivity index (χ1) is 10.1. The zero-order chi connectivity index (χ0) is 15.2. The molecule has 21 heavy (non-hydrogen) atoms. The molecule has 0 unspecified atom stereocenters. The van der Waals surface area contributed by atoms with E-state index in [0.29, 0.717) is 10.6 Å². The quantitative estimate of drug-likeness (QED) is 0.657. The van der Waals surface area contributed by atoms with Crippen LogP contribution in [0.5, 0.6) is 0 Å². The van der Waals surface area contributed by atoms with Crippen LogP contribution in [0.25, 0.3) is 6.08 Å². The van der Waals surface area contributed by atoms with Gasteiger partial charge in [0.1, 0.15) is 5.00 Å². The predicted molar refractivity (Wildman–Crippen MR) is 87.5 cm³/mol. The summed E-state index contributed by atoms with van der Waals surface area (Å²) < 4.78 is 0. The Bertz CT molecular complexity index is 645. The normalized spacial score (nSPS) is 11.0. The minimum absolute atomic E-state index is 0.251. The fraction of sp³-hybridized carbons (Fsp3) is 0.143. The van der Waals surface area contributed by atoms with Crippen LogP contribution in [0.15, 0.2) is 35.0 Å². The highest BCUT2D eigenvalue weighted by molar-refractivity contribution is 7.14. The van der Waals surface area contributed by atoms with Crippen LogP contribution in [0, 0.1) is 0 Å². The number of hydrazine groups is 1. The molecule has 2 amide bonds. The van der Waals surface area contributed by atoms with Crippen molar-refractivity contribution < 1.29 is 9.59 Å². The molecule has 0 atom stereocenters. The van der Waals surface area contributed by atoms with E-state index in [9.17, 15) is 9.59 Å². The zero-order valence-electron chi connectivity index (χ0n) is 11.6. The lowest BCUT2D eigenvalue weighted by molar-refractivity contribution is -0.111. The summed E-state index contributed by atoms with van der Waals surface area (Å²) in [6.45, 7) is 0. The van der Waals surface area contributed by atoms with Crippen LogP contribution in [0.1, 0.15) is 15.2 Å². The highest BCUT2D eigenvalue weighted by Crippen LogP contribution is 2.23. The number of hydrogen-bond acceptors (Lipinski definition) is 5. The van der Waals surface area contributed by atoms with Gasteiger partial charge in [0.25, 0.3) is 5.91 Å². The number of anilines is 1. The smallest absolute Gasteiger partial charge is 0.268 e. The molecule has 0 aliphatic rings. The van der Waals surface area contributed by atoms with Crippen LogP contribution in [0.2, 0.25) is 0 Å². The Morgan fingerprint density at radius 3 is 2.67 bits per heavy atom. The van der Waals surface area contributed by atoms with E-state index in [1.807, 2.05) is 17.5 Å². The SMILES string of the molecule is CN(C)NC(=O)c1ccsc1NC(=O)C=Cc1cccs1. The van der Waals surface area contributed by atoms with Gasteiger partial charge in [0.2, 0.25) is 5.91 Å². The van der Waals surface area contributed by atoms with Crippen molar-refractivity contribution in [2.75, 3.05) is 19.4 Å². The van der Waals surface area contributed by atoms with Crippen molar-refractivity contribution in [3.63, 3.8) is 0 Å². The van der Waals surface area contributed by atoms with Gasteiger partial charge in [-0.25, -0.2) is 5.01 Å². The Morgan fingerprint density at radius 2 is 2.00 bits per heavy atom. The summed E-state index contributed by atoms with van der Waals surface area (Å²) in [5.74, 6) is -0.511. The molecule has 2 aromatic heterocycles. The first-order valence-electron chi connectivity index (χ1n) is 6.14. The first-order valence-corrected chi connectivity index (χ1v) is 7.90. The molecule has 2 rings (SSSR count). The topological polar surface area (TPSA) is 61.4 Å². The molecule has 0 aromatic carbocycles. The van der Waals surface area contributed by atoms with Crippen LogP contribution >= 0.6 is 22.7 Å². The molecule has 0 aliphatic heterocycles. The van der Waals surface area contributed by atoms with Gasteiger partial charge in [-0.2, -0.15) is 0 Å². The molecule has 7 heteroatoms. The van der Waals surface area contributed by atoms with Crippen molar-refractivity contribution in [2.24, 2.45) is 0 Å². The molecular weight excluding hydrogens is 306 g/mol. The van der Waals surface area contributed by atoms with Gasteiger partial charge in [-0.05, 0) is 29.0 Å². The van der Waals surface area contributed by atoms with E-state index in [1.54, 1.807) is 48.0 Å². The molecule has 0 saturated carbocycles. The standard InChI is InChI=1S/C14H15N3O2S2/c1-17(2)16-13(19)11-7-9-21-14(11)15-12(18)6-5-10-4-3-8-20-10/h3-9H,1-2H3,(H,15,18)(H,16,19). The second-order valence-electron chi connectivity index (χ2n) is 4.34. The fourth-order valence-electron chi connectivity index (χ4n) is 1.55. The van der Waals surface area contributed by atoms with Crippen molar-refractivity contribution in [3.8, 4) is 0 Å². The third-order valence-corrected chi connectivity index (χ3v) is 4.08. The number of carbonyl (C=O) groups excluding carboxylic acids is 2. The highest BCUT2D eigenvalue weighted by Gasteiger charge is 2.14. The minimum atomic E-state index is -0.259. The second-order valence-corrected chi connectivity index (χ2v) is 6.23. The van der Waals surface area contributed by atoms with Gasteiger partial charge in [0.15, 0.2) is 0 Å². The van der Waals surface area contributed by atoms with Crippen LogP contribution in [-0.4, -0.2) is 30.9 Å². The zero-order valence-corrected chi connectivity index (χ0v) is 13.3. The van der Waals surface area contributed by atoms with E-state index in [-0.39, 0.29) is 11.8 Å². The molecule has 2 heterocycles. The molecule has 0 bridgehead atoms. The van der Waals surface area contributed by atoms with Crippen molar-refractivity contribution in [3.05, 3.63) is 45.5 Å². The molecular formula is C14H15N3O2S2. The van der Waals surface area contributed by atoms with E-state index in [1.165, 1.54) is 17.4 Å². The van der Waals surface area contributed by atoms with Crippen LogP contribution in [0.4, 0.5) is 5.00 Å². The third-order valence-electron chi connectivity index (χ3n) is 2.41. The molecule has 0 fully saturated rings. The lowest BCUT2D eigenvalue weighted by Crippen LogP contribution is -2.36. The number of carbonyl (C=O) groups is 2. The fourth-order valence-corrected chi connectivity index (χ4v) is 2.95. The Hall–Kier alpha value is -1.96. The van der Waals surface area contributed by atoms with Gasteiger partial charge in [0.05, 0.1) is 5.56 Å². The van der Waals surface area contributed by atoms with Crippen molar-refractivity contribution in [1.82, 2.24) is 10.4 Å². The lowest BCUT2D eigenvalue weighted by Gasteiger charge is -2.12. The Kier molecular flexibility index (Phi) is 5.26. The lowest BCUT2D eigenvalue weighted by atomic mass is 10.3. The summed E-state index contributed by atoms with van der Waals surface area (Å²) in [5.41, 5.74) is 3.10. The monoisotopic (exact) mass is 321 g/mol. The summed E-state index contributed by atoms with van der Waals surface area (Å²) in [4.78, 5) is 24.8. The number of nitrogens with zero attached hydrogens (tertiary/aromatic N) is 1. The molecule has 5 nitrogen and oxygen atoms in total. The van der Waals surface area contributed by atoms with E-state index >= 15 is 0 Å². The molecule has 110 valence electrons. The Morgan fingerprint density at radius 1 is 1.19 bits per heavy atom. The van der Waals surface area contributed by atoms with Gasteiger partial charge in [-0.15, -0.1) is 22.7 Å². The van der Waals surface area contributed by atoms with E-state index < -0.39 is 0 Å². The van der Waals surface area contributed by atoms with E-state index in [2.05, 4.69) is 10.7 Å². The van der Waals surface area contributed by atoms with Gasteiger partial charge < -0.3 is 5.32 Å². The summed E-state index contributed by atoms with van der Waals surface area (Å²) >= 11 is 2.87. The van der Waals surface area contributed by atoms with Gasteiger partial charge in [-0.1, -0.05) is 6.07 Å². The number of thiophene rings is 2. The van der Waals surface area contributed by atoms with Crippen molar-refractivity contribution in [2.45, 2.75) is 0 Å². The molecule has 2 N–H and O–H groups in total. The highest BCUT2D eigenvalue weighted by atomic mass is 32.1. The third kappa shape index (κ3) is 4.52. The minimum Gasteiger partial charge on any atom is -0.313 e. The molecule has 2 aromatic rings. The van der Waals surface area contributed by atoms with Crippen molar-refractivity contribution >= 4 is 45.6 Å². The Balaban J connectivity index is 2.01. The Labute approximate surface area is 130 Å². The predicted octanol–water partition coefficient (Wildman–Crippen LogP) is 2.67. The summed E-state index contributed by atoms with van der Waals surface area (Å²) in [6, 6.07) is 5.53. The maximum absolute atomic E-state index is 11.9. The molecule has 0 saturated heterocycles. The average Bonchev–Trinajstić information content (AvgIpc) is 3.06. The second kappa shape index (κ2) is 7.16. The van der Waals surface area contributed by atoms with Crippen LogP contribution < -0.4 is 10.7 Å².